The van der Waals surface area contributed by atoms with Crippen LogP contribution in [0.15, 0.2) is 34.7 Å². The third-order valence-electron chi connectivity index (χ3n) is 4.54. The van der Waals surface area contributed by atoms with Crippen LogP contribution in [0.3, 0.4) is 0 Å². The van der Waals surface area contributed by atoms with Crippen LogP contribution in [0.5, 0.6) is 0 Å². The number of furan rings is 1. The molecule has 6 nitrogen and oxygen atoms in total. The molecule has 1 aromatic heterocycles. The van der Waals surface area contributed by atoms with E-state index < -0.39 is 11.5 Å². The predicted molar refractivity (Wildman–Crippen MR) is 93.2 cm³/mol. The Hall–Kier alpha value is -2.60. The van der Waals surface area contributed by atoms with Crippen LogP contribution in [0.4, 0.5) is 5.69 Å². The van der Waals surface area contributed by atoms with E-state index in [1.165, 1.54) is 0 Å². The summed E-state index contributed by atoms with van der Waals surface area (Å²) < 4.78 is 5.46. The summed E-state index contributed by atoms with van der Waals surface area (Å²) >= 11 is 0. The van der Waals surface area contributed by atoms with Gasteiger partial charge in [0.2, 0.25) is 11.8 Å². The SMILES string of the molecule is Cc1cc([C@@](C)(O)CNC(=O)[C@H]2CC(=O)Nc3ccccc32)c(C)o1. The number of aliphatic hydroxyl groups is 1. The number of amides is 2. The molecule has 0 spiro atoms. The summed E-state index contributed by atoms with van der Waals surface area (Å²) in [6.45, 7) is 5.25. The largest absolute Gasteiger partial charge is 0.466 e. The van der Waals surface area contributed by atoms with Crippen LogP contribution in [0, 0.1) is 13.8 Å². The number of fused-ring (bicyclic) bond motifs is 1. The highest BCUT2D eigenvalue weighted by Gasteiger charge is 2.33. The van der Waals surface area contributed by atoms with E-state index in [0.717, 1.165) is 5.56 Å². The third-order valence-corrected chi connectivity index (χ3v) is 4.54. The number of nitrogens with one attached hydrogen (secondary N) is 2. The molecule has 3 N–H and O–H groups in total. The zero-order valence-corrected chi connectivity index (χ0v) is 14.6. The number of hydrogen-bond donors (Lipinski definition) is 3. The van der Waals surface area contributed by atoms with E-state index in [2.05, 4.69) is 10.6 Å². The highest BCUT2D eigenvalue weighted by atomic mass is 16.3. The first-order valence-electron chi connectivity index (χ1n) is 8.24. The Bertz CT molecular complexity index is 823. The summed E-state index contributed by atoms with van der Waals surface area (Å²) in [5.41, 5.74) is 0.835. The number of anilines is 1. The van der Waals surface area contributed by atoms with Gasteiger partial charge < -0.3 is 20.2 Å². The van der Waals surface area contributed by atoms with Gasteiger partial charge in [0, 0.05) is 17.7 Å². The maximum Gasteiger partial charge on any atom is 0.228 e. The van der Waals surface area contributed by atoms with Gasteiger partial charge in [-0.3, -0.25) is 9.59 Å². The molecule has 1 aromatic carbocycles. The normalized spacial score (nSPS) is 18.9. The summed E-state index contributed by atoms with van der Waals surface area (Å²) in [4.78, 5) is 24.5. The van der Waals surface area contributed by atoms with Crippen molar-refractivity contribution in [2.45, 2.75) is 38.7 Å². The first-order valence-corrected chi connectivity index (χ1v) is 8.24. The molecule has 2 atom stereocenters. The molecular formula is C19H22N2O4. The molecule has 0 saturated heterocycles. The second-order valence-corrected chi connectivity index (χ2v) is 6.71. The molecular weight excluding hydrogens is 320 g/mol. The summed E-state index contributed by atoms with van der Waals surface area (Å²) in [6, 6.07) is 9.03. The number of aryl methyl sites for hydroxylation is 2. The van der Waals surface area contributed by atoms with E-state index in [4.69, 9.17) is 4.42 Å². The van der Waals surface area contributed by atoms with Crippen LogP contribution in [0.2, 0.25) is 0 Å². The lowest BCUT2D eigenvalue weighted by Gasteiger charge is -2.27. The van der Waals surface area contributed by atoms with Gasteiger partial charge in [-0.25, -0.2) is 0 Å². The van der Waals surface area contributed by atoms with Crippen molar-refractivity contribution in [3.8, 4) is 0 Å². The highest BCUT2D eigenvalue weighted by Crippen LogP contribution is 2.32. The summed E-state index contributed by atoms with van der Waals surface area (Å²) in [6.07, 6.45) is 0.0921. The van der Waals surface area contributed by atoms with E-state index >= 15 is 0 Å². The lowest BCUT2D eigenvalue weighted by atomic mass is 9.89. The van der Waals surface area contributed by atoms with Gasteiger partial charge in [-0.15, -0.1) is 0 Å². The van der Waals surface area contributed by atoms with Crippen LogP contribution in [0.25, 0.3) is 0 Å². The first-order chi connectivity index (χ1) is 11.8. The lowest BCUT2D eigenvalue weighted by Crippen LogP contribution is -2.42. The minimum Gasteiger partial charge on any atom is -0.466 e. The molecule has 0 bridgehead atoms. The van der Waals surface area contributed by atoms with Crippen molar-refractivity contribution < 1.29 is 19.1 Å². The number of hydrogen-bond acceptors (Lipinski definition) is 4. The smallest absolute Gasteiger partial charge is 0.228 e. The molecule has 2 heterocycles. The Labute approximate surface area is 146 Å². The molecule has 1 aliphatic rings. The molecule has 3 rings (SSSR count). The van der Waals surface area contributed by atoms with E-state index in [-0.39, 0.29) is 24.8 Å². The van der Waals surface area contributed by atoms with Crippen molar-refractivity contribution in [1.82, 2.24) is 5.32 Å². The molecule has 6 heteroatoms. The van der Waals surface area contributed by atoms with E-state index in [0.29, 0.717) is 22.8 Å². The summed E-state index contributed by atoms with van der Waals surface area (Å²) in [7, 11) is 0. The molecule has 0 aliphatic carbocycles. The van der Waals surface area contributed by atoms with Crippen molar-refractivity contribution >= 4 is 17.5 Å². The van der Waals surface area contributed by atoms with Crippen molar-refractivity contribution in [3.05, 3.63) is 53.0 Å². The maximum atomic E-state index is 12.6. The van der Waals surface area contributed by atoms with Gasteiger partial charge in [-0.1, -0.05) is 18.2 Å². The van der Waals surface area contributed by atoms with Crippen molar-refractivity contribution in [3.63, 3.8) is 0 Å². The quantitative estimate of drug-likeness (QED) is 0.795. The van der Waals surface area contributed by atoms with Gasteiger partial charge in [-0.2, -0.15) is 0 Å². The van der Waals surface area contributed by atoms with Gasteiger partial charge in [-0.05, 0) is 38.5 Å². The number of benzene rings is 1. The lowest BCUT2D eigenvalue weighted by molar-refractivity contribution is -0.127. The highest BCUT2D eigenvalue weighted by molar-refractivity contribution is 6.01. The van der Waals surface area contributed by atoms with Crippen LogP contribution < -0.4 is 10.6 Å². The predicted octanol–water partition coefficient (Wildman–Crippen LogP) is 2.35. The van der Waals surface area contributed by atoms with E-state index in [1.54, 1.807) is 26.0 Å². The first kappa shape index (κ1) is 17.2. The van der Waals surface area contributed by atoms with Crippen LogP contribution in [-0.4, -0.2) is 23.5 Å². The molecule has 2 aromatic rings. The van der Waals surface area contributed by atoms with Crippen molar-refractivity contribution in [1.29, 1.82) is 0 Å². The van der Waals surface area contributed by atoms with Crippen molar-refractivity contribution in [2.75, 3.05) is 11.9 Å². The van der Waals surface area contributed by atoms with Gasteiger partial charge in [0.1, 0.15) is 17.1 Å². The van der Waals surface area contributed by atoms with Crippen LogP contribution in [0.1, 0.15) is 41.9 Å². The second kappa shape index (κ2) is 6.37. The van der Waals surface area contributed by atoms with Gasteiger partial charge in [0.05, 0.1) is 12.5 Å². The van der Waals surface area contributed by atoms with Crippen LogP contribution >= 0.6 is 0 Å². The van der Waals surface area contributed by atoms with Crippen LogP contribution in [-0.2, 0) is 15.2 Å². The maximum absolute atomic E-state index is 12.6. The molecule has 0 fully saturated rings. The summed E-state index contributed by atoms with van der Waals surface area (Å²) in [5, 5.41) is 16.3. The van der Waals surface area contributed by atoms with Gasteiger partial charge >= 0.3 is 0 Å². The fourth-order valence-electron chi connectivity index (χ4n) is 3.29. The minimum atomic E-state index is -1.26. The zero-order chi connectivity index (χ0) is 18.2. The summed E-state index contributed by atoms with van der Waals surface area (Å²) in [5.74, 6) is 0.302. The van der Waals surface area contributed by atoms with Crippen molar-refractivity contribution in [2.24, 2.45) is 0 Å². The topological polar surface area (TPSA) is 91.6 Å². The second-order valence-electron chi connectivity index (χ2n) is 6.71. The Morgan fingerprint density at radius 2 is 2.12 bits per heavy atom. The van der Waals surface area contributed by atoms with E-state index in [1.807, 2.05) is 25.1 Å². The average molecular weight is 342 g/mol. The fourth-order valence-corrected chi connectivity index (χ4v) is 3.29. The Morgan fingerprint density at radius 1 is 1.40 bits per heavy atom. The average Bonchev–Trinajstić information content (AvgIpc) is 2.91. The molecule has 0 radical (unpaired) electrons. The molecule has 25 heavy (non-hydrogen) atoms. The third kappa shape index (κ3) is 3.44. The molecule has 1 aliphatic heterocycles. The minimum absolute atomic E-state index is 0.0337. The number of para-hydroxylation sites is 1. The Kier molecular flexibility index (Phi) is 4.39. The number of rotatable bonds is 4. The van der Waals surface area contributed by atoms with Gasteiger partial charge in [0.25, 0.3) is 0 Å². The zero-order valence-electron chi connectivity index (χ0n) is 14.6. The number of carbonyl (C=O) groups excluding carboxylic acids is 2. The molecule has 0 unspecified atom stereocenters. The molecule has 2 amide bonds. The molecule has 132 valence electrons. The monoisotopic (exact) mass is 342 g/mol. The fraction of sp³-hybridized carbons (Fsp3) is 0.368. The Balaban J connectivity index is 1.75. The van der Waals surface area contributed by atoms with E-state index in [9.17, 15) is 14.7 Å². The standard InChI is InChI=1S/C19H22N2O4/c1-11-8-15(12(2)25-11)19(3,24)10-20-18(23)14-9-17(22)21-16-7-5-4-6-13(14)16/h4-8,14,24H,9-10H2,1-3H3,(H,20,23)(H,21,22)/t14-,19-/m0/s1. The molecule has 0 saturated carbocycles. The van der Waals surface area contributed by atoms with Gasteiger partial charge in [0.15, 0.2) is 0 Å². The number of carbonyl (C=O) groups is 2. The Morgan fingerprint density at radius 3 is 2.80 bits per heavy atom.